The van der Waals surface area contributed by atoms with Gasteiger partial charge in [-0.2, -0.15) is 0 Å². The third-order valence-corrected chi connectivity index (χ3v) is 2.87. The molecule has 3 heteroatoms. The summed E-state index contributed by atoms with van der Waals surface area (Å²) in [5.41, 5.74) is 1.25. The van der Waals surface area contributed by atoms with E-state index in [0.29, 0.717) is 6.04 Å². The van der Waals surface area contributed by atoms with Gasteiger partial charge in [0.2, 0.25) is 0 Å². The molecule has 0 fully saturated rings. The van der Waals surface area contributed by atoms with Crippen molar-refractivity contribution in [2.24, 2.45) is 0 Å². The predicted molar refractivity (Wildman–Crippen MR) is 72.5 cm³/mol. The Hall–Kier alpha value is -1.06. The first-order chi connectivity index (χ1) is 8.13. The average Bonchev–Trinajstić information content (AvgIpc) is 2.29. The van der Waals surface area contributed by atoms with Gasteiger partial charge in [-0.3, -0.25) is 0 Å². The van der Waals surface area contributed by atoms with Crippen molar-refractivity contribution >= 4 is 0 Å². The molecule has 0 aliphatic heterocycles. The zero-order valence-corrected chi connectivity index (χ0v) is 11.4. The van der Waals surface area contributed by atoms with Crippen molar-refractivity contribution < 1.29 is 4.74 Å². The van der Waals surface area contributed by atoms with Gasteiger partial charge in [0, 0.05) is 19.1 Å². The van der Waals surface area contributed by atoms with Gasteiger partial charge < -0.3 is 15.0 Å². The molecule has 1 aromatic carbocycles. The number of benzene rings is 1. The lowest BCUT2D eigenvalue weighted by Gasteiger charge is -2.20. The minimum absolute atomic E-state index is 0.564. The Morgan fingerprint density at radius 1 is 1.35 bits per heavy atom. The highest BCUT2D eigenvalue weighted by atomic mass is 16.5. The molecule has 0 saturated carbocycles. The molecule has 0 aliphatic rings. The van der Waals surface area contributed by atoms with Crippen LogP contribution in [0, 0.1) is 0 Å². The first kappa shape index (κ1) is 14.0. The minimum atomic E-state index is 0.564. The maximum absolute atomic E-state index is 5.74. The van der Waals surface area contributed by atoms with E-state index in [0.717, 1.165) is 25.4 Å². The molecule has 0 aromatic heterocycles. The lowest BCUT2D eigenvalue weighted by atomic mass is 10.2. The van der Waals surface area contributed by atoms with Gasteiger partial charge in [-0.25, -0.2) is 0 Å². The van der Waals surface area contributed by atoms with E-state index in [4.69, 9.17) is 4.74 Å². The summed E-state index contributed by atoms with van der Waals surface area (Å²) in [6, 6.07) is 8.80. The number of hydrogen-bond donors (Lipinski definition) is 1. The molecule has 17 heavy (non-hydrogen) atoms. The second-order valence-electron chi connectivity index (χ2n) is 4.60. The number of hydrogen-bond acceptors (Lipinski definition) is 3. The quantitative estimate of drug-likeness (QED) is 0.785. The summed E-state index contributed by atoms with van der Waals surface area (Å²) in [6.45, 7) is 6.94. The third kappa shape index (κ3) is 5.20. The van der Waals surface area contributed by atoms with Crippen LogP contribution < -0.4 is 10.1 Å². The lowest BCUT2D eigenvalue weighted by molar-refractivity contribution is 0.208. The maximum Gasteiger partial charge on any atom is 0.119 e. The number of nitrogens with one attached hydrogen (secondary N) is 1. The van der Waals surface area contributed by atoms with Crippen LogP contribution in [-0.2, 0) is 6.54 Å². The molecule has 0 unspecified atom stereocenters. The second-order valence-corrected chi connectivity index (χ2v) is 4.60. The molecule has 3 nitrogen and oxygen atoms in total. The molecular weight excluding hydrogens is 212 g/mol. The monoisotopic (exact) mass is 236 g/mol. The van der Waals surface area contributed by atoms with E-state index in [2.05, 4.69) is 43.2 Å². The molecule has 0 amide bonds. The van der Waals surface area contributed by atoms with Crippen LogP contribution in [-0.4, -0.2) is 38.2 Å². The Morgan fingerprint density at radius 3 is 2.76 bits per heavy atom. The van der Waals surface area contributed by atoms with E-state index in [1.807, 2.05) is 19.2 Å². The van der Waals surface area contributed by atoms with Crippen molar-refractivity contribution in [1.82, 2.24) is 10.2 Å². The molecule has 0 radical (unpaired) electrons. The summed E-state index contributed by atoms with van der Waals surface area (Å²) in [4.78, 5) is 2.28. The van der Waals surface area contributed by atoms with Crippen LogP contribution in [0.3, 0.4) is 0 Å². The Labute approximate surface area is 105 Å². The largest absolute Gasteiger partial charge is 0.492 e. The fourth-order valence-electron chi connectivity index (χ4n) is 1.52. The molecule has 0 aliphatic carbocycles. The van der Waals surface area contributed by atoms with Gasteiger partial charge >= 0.3 is 0 Å². The number of ether oxygens (including phenoxy) is 1. The summed E-state index contributed by atoms with van der Waals surface area (Å²) >= 11 is 0. The first-order valence-corrected chi connectivity index (χ1v) is 6.20. The normalized spacial score (nSPS) is 11.2. The molecule has 1 aromatic rings. The van der Waals surface area contributed by atoms with Gasteiger partial charge in [-0.1, -0.05) is 12.1 Å². The van der Waals surface area contributed by atoms with E-state index in [1.54, 1.807) is 0 Å². The van der Waals surface area contributed by atoms with Crippen molar-refractivity contribution in [1.29, 1.82) is 0 Å². The molecule has 0 heterocycles. The second kappa shape index (κ2) is 7.30. The Balaban J connectivity index is 2.38. The number of nitrogens with zero attached hydrogens (tertiary/aromatic N) is 1. The first-order valence-electron chi connectivity index (χ1n) is 6.20. The smallest absolute Gasteiger partial charge is 0.119 e. The highest BCUT2D eigenvalue weighted by molar-refractivity contribution is 5.28. The molecule has 0 saturated heterocycles. The third-order valence-electron chi connectivity index (χ3n) is 2.87. The highest BCUT2D eigenvalue weighted by Crippen LogP contribution is 2.13. The summed E-state index contributed by atoms with van der Waals surface area (Å²) < 4.78 is 5.74. The van der Waals surface area contributed by atoms with Crippen LogP contribution in [0.4, 0.5) is 0 Å². The van der Waals surface area contributed by atoms with Gasteiger partial charge in [0.1, 0.15) is 12.4 Å². The van der Waals surface area contributed by atoms with Gasteiger partial charge in [0.05, 0.1) is 0 Å². The van der Waals surface area contributed by atoms with Gasteiger partial charge in [-0.15, -0.1) is 0 Å². The number of likely N-dealkylation sites (N-methyl/N-ethyl adjacent to an activating group) is 1. The Kier molecular flexibility index (Phi) is 6.01. The van der Waals surface area contributed by atoms with E-state index in [9.17, 15) is 0 Å². The average molecular weight is 236 g/mol. The predicted octanol–water partition coefficient (Wildman–Crippen LogP) is 2.12. The fraction of sp³-hybridized carbons (Fsp3) is 0.571. The highest BCUT2D eigenvalue weighted by Gasteiger charge is 2.03. The van der Waals surface area contributed by atoms with Crippen LogP contribution in [0.1, 0.15) is 19.4 Å². The van der Waals surface area contributed by atoms with Crippen molar-refractivity contribution in [3.05, 3.63) is 29.8 Å². The molecule has 0 spiro atoms. The van der Waals surface area contributed by atoms with E-state index < -0.39 is 0 Å². The van der Waals surface area contributed by atoms with Crippen LogP contribution in [0.5, 0.6) is 5.75 Å². The van der Waals surface area contributed by atoms with Gasteiger partial charge in [-0.05, 0) is 45.6 Å². The Morgan fingerprint density at radius 2 is 2.12 bits per heavy atom. The van der Waals surface area contributed by atoms with Crippen LogP contribution >= 0.6 is 0 Å². The van der Waals surface area contributed by atoms with Crippen molar-refractivity contribution in [3.63, 3.8) is 0 Å². The minimum Gasteiger partial charge on any atom is -0.492 e. The SMILES string of the molecule is CNCc1cccc(OCCN(C)C(C)C)c1. The summed E-state index contributed by atoms with van der Waals surface area (Å²) in [7, 11) is 4.07. The summed E-state index contributed by atoms with van der Waals surface area (Å²) in [6.07, 6.45) is 0. The molecule has 0 bridgehead atoms. The van der Waals surface area contributed by atoms with Crippen LogP contribution in [0.15, 0.2) is 24.3 Å². The van der Waals surface area contributed by atoms with Crippen LogP contribution in [0.2, 0.25) is 0 Å². The van der Waals surface area contributed by atoms with Crippen molar-refractivity contribution in [3.8, 4) is 5.75 Å². The van der Waals surface area contributed by atoms with Crippen LogP contribution in [0.25, 0.3) is 0 Å². The van der Waals surface area contributed by atoms with E-state index in [1.165, 1.54) is 5.56 Å². The standard InChI is InChI=1S/C14H24N2O/c1-12(2)16(4)8-9-17-14-7-5-6-13(10-14)11-15-3/h5-7,10,12,15H,8-9,11H2,1-4H3. The topological polar surface area (TPSA) is 24.5 Å². The molecule has 1 N–H and O–H groups in total. The van der Waals surface area contributed by atoms with E-state index in [-0.39, 0.29) is 0 Å². The Bertz CT molecular complexity index is 326. The lowest BCUT2D eigenvalue weighted by Crippen LogP contribution is -2.30. The molecule has 0 atom stereocenters. The zero-order chi connectivity index (χ0) is 12.7. The summed E-state index contributed by atoms with van der Waals surface area (Å²) in [5.74, 6) is 0.954. The molecular formula is C14H24N2O. The maximum atomic E-state index is 5.74. The zero-order valence-electron chi connectivity index (χ0n) is 11.4. The van der Waals surface area contributed by atoms with Crippen molar-refractivity contribution in [2.75, 3.05) is 27.2 Å². The molecule has 1 rings (SSSR count). The summed E-state index contributed by atoms with van der Waals surface area (Å²) in [5, 5.41) is 3.14. The van der Waals surface area contributed by atoms with Gasteiger partial charge in [0.15, 0.2) is 0 Å². The van der Waals surface area contributed by atoms with Crippen molar-refractivity contribution in [2.45, 2.75) is 26.4 Å². The number of rotatable bonds is 7. The van der Waals surface area contributed by atoms with Gasteiger partial charge in [0.25, 0.3) is 0 Å². The fourth-order valence-corrected chi connectivity index (χ4v) is 1.52. The molecule has 96 valence electrons. The van der Waals surface area contributed by atoms with E-state index >= 15 is 0 Å².